The molecular weight excluding hydrogens is 626 g/mol. The van der Waals surface area contributed by atoms with Crippen molar-refractivity contribution in [2.45, 2.75) is 59.2 Å². The summed E-state index contributed by atoms with van der Waals surface area (Å²) in [6.07, 6.45) is 4.77. The Hall–Kier alpha value is -4.10. The van der Waals surface area contributed by atoms with Gasteiger partial charge in [0, 0.05) is 48.3 Å². The lowest BCUT2D eigenvalue weighted by molar-refractivity contribution is -0.138. The van der Waals surface area contributed by atoms with E-state index in [4.69, 9.17) is 4.98 Å². The van der Waals surface area contributed by atoms with Crippen LogP contribution >= 0.6 is 15.9 Å². The number of aromatic nitrogens is 6. The van der Waals surface area contributed by atoms with Crippen molar-refractivity contribution in [3.63, 3.8) is 0 Å². The average molecular weight is 661 g/mol. The SMILES string of the molecule is CC(=O)c1nn(CC(=O)N2[C@H](C(=O)Nc3nc(Br)ccc3C)C[C@@]3(CN(C)C)C[C@@H]23)c2c(C)nc(-c3cnc(C)nc3)cc12. The van der Waals surface area contributed by atoms with Crippen molar-refractivity contribution in [3.05, 3.63) is 58.0 Å². The molecule has 1 N–H and O–H groups in total. The lowest BCUT2D eigenvalue weighted by Gasteiger charge is -2.27. The van der Waals surface area contributed by atoms with Crippen LogP contribution in [0.1, 0.15) is 47.3 Å². The number of nitrogens with one attached hydrogen (secondary N) is 1. The van der Waals surface area contributed by atoms with Crippen LogP contribution in [0.2, 0.25) is 0 Å². The number of piperidine rings is 1. The van der Waals surface area contributed by atoms with E-state index in [0.717, 1.165) is 18.5 Å². The molecule has 2 amide bonds. The van der Waals surface area contributed by atoms with Gasteiger partial charge in [0.25, 0.3) is 0 Å². The highest BCUT2D eigenvalue weighted by Gasteiger charge is 2.67. The van der Waals surface area contributed by atoms with Gasteiger partial charge < -0.3 is 15.1 Å². The van der Waals surface area contributed by atoms with Crippen LogP contribution in [-0.4, -0.2) is 89.8 Å². The minimum absolute atomic E-state index is 0.0637. The molecule has 13 heteroatoms. The third-order valence-electron chi connectivity index (χ3n) is 8.54. The smallest absolute Gasteiger partial charge is 0.248 e. The van der Waals surface area contributed by atoms with E-state index in [1.54, 1.807) is 35.0 Å². The maximum atomic E-state index is 14.1. The number of pyridine rings is 2. The Labute approximate surface area is 263 Å². The van der Waals surface area contributed by atoms with Gasteiger partial charge in [-0.05, 0) is 81.3 Å². The molecule has 3 atom stereocenters. The van der Waals surface area contributed by atoms with E-state index >= 15 is 0 Å². The molecule has 12 nitrogen and oxygen atoms in total. The standard InChI is InChI=1S/C31H34BrN9O3/c1-16-7-8-25(32)36-29(16)37-30(44)23-10-31(15-39(5)6)11-24(31)41(23)26(43)14-40-28-17(2)35-22(20-12-33-19(4)34-13-20)9-21(28)27(38-40)18(3)42/h7-9,12-13,23-24H,10-11,14-15H2,1-6H3,(H,36,37,44)/t23-,24+,31-/m0/s1. The fraction of sp³-hybridized carbons (Fsp3) is 0.419. The lowest BCUT2D eigenvalue weighted by atomic mass is 9.98. The summed E-state index contributed by atoms with van der Waals surface area (Å²) in [6, 6.07) is 4.76. The van der Waals surface area contributed by atoms with Gasteiger partial charge in [-0.1, -0.05) is 6.07 Å². The predicted octanol–water partition coefficient (Wildman–Crippen LogP) is 3.73. The molecule has 1 aliphatic heterocycles. The monoisotopic (exact) mass is 659 g/mol. The molecule has 0 spiro atoms. The van der Waals surface area contributed by atoms with Crippen LogP contribution in [0, 0.1) is 26.2 Å². The zero-order chi connectivity index (χ0) is 31.5. The quantitative estimate of drug-likeness (QED) is 0.221. The summed E-state index contributed by atoms with van der Waals surface area (Å²) in [4.78, 5) is 62.1. The Morgan fingerprint density at radius 2 is 1.82 bits per heavy atom. The second kappa shape index (κ2) is 11.1. The van der Waals surface area contributed by atoms with Crippen LogP contribution in [0.3, 0.4) is 0 Å². The number of carbonyl (C=O) groups excluding carboxylic acids is 3. The molecule has 5 heterocycles. The highest BCUT2D eigenvalue weighted by atomic mass is 79.9. The van der Waals surface area contributed by atoms with Crippen LogP contribution < -0.4 is 5.32 Å². The lowest BCUT2D eigenvalue weighted by Crippen LogP contribution is -2.47. The van der Waals surface area contributed by atoms with Crippen molar-refractivity contribution in [3.8, 4) is 11.3 Å². The molecule has 228 valence electrons. The average Bonchev–Trinajstić information content (AvgIpc) is 3.34. The second-order valence-electron chi connectivity index (χ2n) is 12.2. The largest absolute Gasteiger partial charge is 0.325 e. The Kier molecular flexibility index (Phi) is 7.57. The van der Waals surface area contributed by atoms with Crippen molar-refractivity contribution >= 4 is 50.2 Å². The van der Waals surface area contributed by atoms with E-state index in [9.17, 15) is 14.4 Å². The maximum Gasteiger partial charge on any atom is 0.248 e. The summed E-state index contributed by atoms with van der Waals surface area (Å²) in [7, 11) is 4.01. The van der Waals surface area contributed by atoms with Crippen LogP contribution in [0.25, 0.3) is 22.2 Å². The highest BCUT2D eigenvalue weighted by molar-refractivity contribution is 9.10. The van der Waals surface area contributed by atoms with Crippen molar-refractivity contribution < 1.29 is 14.4 Å². The van der Waals surface area contributed by atoms with E-state index in [1.807, 2.05) is 40.1 Å². The molecule has 4 aromatic rings. The van der Waals surface area contributed by atoms with Crippen molar-refractivity contribution in [1.29, 1.82) is 0 Å². The summed E-state index contributed by atoms with van der Waals surface area (Å²) in [6.45, 7) is 7.60. The first-order valence-corrected chi connectivity index (χ1v) is 15.2. The molecule has 1 saturated carbocycles. The van der Waals surface area contributed by atoms with Gasteiger partial charge in [-0.15, -0.1) is 0 Å². The molecular formula is C31H34BrN9O3. The number of likely N-dealkylation sites (tertiary alicyclic amines) is 1. The summed E-state index contributed by atoms with van der Waals surface area (Å²) >= 11 is 3.37. The zero-order valence-electron chi connectivity index (χ0n) is 25.6. The molecule has 1 saturated heterocycles. The van der Waals surface area contributed by atoms with Gasteiger partial charge in [0.1, 0.15) is 34.5 Å². The number of fused-ring (bicyclic) bond motifs is 2. The molecule has 0 aromatic carbocycles. The molecule has 2 fully saturated rings. The number of aryl methyl sites for hydroxylation is 3. The van der Waals surface area contributed by atoms with Crippen LogP contribution in [0.4, 0.5) is 5.82 Å². The van der Waals surface area contributed by atoms with E-state index < -0.39 is 6.04 Å². The van der Waals surface area contributed by atoms with E-state index in [-0.39, 0.29) is 41.3 Å². The molecule has 2 aliphatic rings. The number of nitrogens with zero attached hydrogens (tertiary/aromatic N) is 8. The topological polar surface area (TPSA) is 139 Å². The summed E-state index contributed by atoms with van der Waals surface area (Å²) in [5.74, 6) is 0.377. The van der Waals surface area contributed by atoms with Gasteiger partial charge in [-0.25, -0.2) is 15.0 Å². The van der Waals surface area contributed by atoms with Gasteiger partial charge in [0.2, 0.25) is 11.8 Å². The Morgan fingerprint density at radius 3 is 2.50 bits per heavy atom. The molecule has 1 aliphatic carbocycles. The zero-order valence-corrected chi connectivity index (χ0v) is 27.1. The fourth-order valence-electron chi connectivity index (χ4n) is 6.56. The number of hydrogen-bond donors (Lipinski definition) is 1. The molecule has 0 bridgehead atoms. The number of carbonyl (C=O) groups is 3. The molecule has 6 rings (SSSR count). The molecule has 0 radical (unpaired) electrons. The third-order valence-corrected chi connectivity index (χ3v) is 8.98. The Balaban J connectivity index is 1.34. The van der Waals surface area contributed by atoms with Gasteiger partial charge in [0.05, 0.1) is 16.9 Å². The number of halogens is 1. The number of rotatable bonds is 8. The van der Waals surface area contributed by atoms with E-state index in [1.165, 1.54) is 6.92 Å². The van der Waals surface area contributed by atoms with Gasteiger partial charge >= 0.3 is 0 Å². The minimum Gasteiger partial charge on any atom is -0.325 e. The van der Waals surface area contributed by atoms with Gasteiger partial charge in [-0.2, -0.15) is 5.10 Å². The number of anilines is 1. The number of ketones is 1. The highest BCUT2D eigenvalue weighted by Crippen LogP contribution is 2.60. The first kappa shape index (κ1) is 29.9. The number of Topliss-reactive ketones (excluding diaryl/α,β-unsaturated/α-hetero) is 1. The van der Waals surface area contributed by atoms with Crippen molar-refractivity contribution in [1.82, 2.24) is 39.5 Å². The third kappa shape index (κ3) is 5.38. The normalized spacial score (nSPS) is 20.7. The van der Waals surface area contributed by atoms with Crippen LogP contribution in [0.5, 0.6) is 0 Å². The second-order valence-corrected chi connectivity index (χ2v) is 13.0. The van der Waals surface area contributed by atoms with Crippen molar-refractivity contribution in [2.24, 2.45) is 5.41 Å². The van der Waals surface area contributed by atoms with Crippen LogP contribution in [-0.2, 0) is 16.1 Å². The Morgan fingerprint density at radius 1 is 1.09 bits per heavy atom. The van der Waals surface area contributed by atoms with Crippen molar-refractivity contribution in [2.75, 3.05) is 26.0 Å². The summed E-state index contributed by atoms with van der Waals surface area (Å²) in [5.41, 5.74) is 3.47. The molecule has 4 aromatic heterocycles. The fourth-order valence-corrected chi connectivity index (χ4v) is 6.87. The van der Waals surface area contributed by atoms with Gasteiger partial charge in [0.15, 0.2) is 5.78 Å². The molecule has 0 unspecified atom stereocenters. The summed E-state index contributed by atoms with van der Waals surface area (Å²) in [5, 5.41) is 8.16. The van der Waals surface area contributed by atoms with Crippen LogP contribution in [0.15, 0.2) is 35.2 Å². The number of hydrogen-bond acceptors (Lipinski definition) is 9. The van der Waals surface area contributed by atoms with E-state index in [2.05, 4.69) is 46.2 Å². The molecule has 44 heavy (non-hydrogen) atoms. The minimum atomic E-state index is -0.664. The van der Waals surface area contributed by atoms with E-state index in [0.29, 0.717) is 50.5 Å². The predicted molar refractivity (Wildman–Crippen MR) is 168 cm³/mol. The van der Waals surface area contributed by atoms with Gasteiger partial charge in [-0.3, -0.25) is 24.0 Å². The first-order chi connectivity index (χ1) is 20.9. The maximum absolute atomic E-state index is 14.1. The number of amides is 2. The first-order valence-electron chi connectivity index (χ1n) is 14.4. The summed E-state index contributed by atoms with van der Waals surface area (Å²) < 4.78 is 2.16. The Bertz CT molecular complexity index is 1820.